The van der Waals surface area contributed by atoms with E-state index in [-0.39, 0.29) is 28.0 Å². The number of benzene rings is 1. The van der Waals surface area contributed by atoms with E-state index in [1.54, 1.807) is 11.0 Å². The Bertz CT molecular complexity index is 705. The molecule has 6 nitrogen and oxygen atoms in total. The average molecular weight is 361 g/mol. The fourth-order valence-electron chi connectivity index (χ4n) is 2.38. The van der Waals surface area contributed by atoms with Crippen LogP contribution in [0.5, 0.6) is 0 Å². The molecule has 0 bridgehead atoms. The standard InChI is InChI=1S/C15H21ClN2O4S/c1-10-9-22-11(2)8-18(10)15(19)12-5-6-13(16)14(7-12)23(20,21)17(3)4/h5-7,10-11H,8-9H2,1-4H3. The van der Waals surface area contributed by atoms with E-state index in [1.807, 2.05) is 13.8 Å². The number of rotatable bonds is 3. The first kappa shape index (κ1) is 18.2. The lowest BCUT2D eigenvalue weighted by Gasteiger charge is -2.37. The van der Waals surface area contributed by atoms with Crippen LogP contribution in [0.2, 0.25) is 5.02 Å². The molecule has 0 N–H and O–H groups in total. The molecule has 1 aromatic carbocycles. The number of hydrogen-bond donors (Lipinski definition) is 0. The van der Waals surface area contributed by atoms with Gasteiger partial charge in [0.15, 0.2) is 0 Å². The maximum Gasteiger partial charge on any atom is 0.254 e. The summed E-state index contributed by atoms with van der Waals surface area (Å²) in [5.74, 6) is -0.223. The Balaban J connectivity index is 2.39. The van der Waals surface area contributed by atoms with Gasteiger partial charge in [-0.15, -0.1) is 0 Å². The second-order valence-corrected chi connectivity index (χ2v) is 8.41. The van der Waals surface area contributed by atoms with Gasteiger partial charge in [0.05, 0.1) is 23.8 Å². The van der Waals surface area contributed by atoms with Gasteiger partial charge in [-0.3, -0.25) is 4.79 Å². The molecule has 1 aliphatic rings. The smallest absolute Gasteiger partial charge is 0.254 e. The van der Waals surface area contributed by atoms with Gasteiger partial charge in [0.25, 0.3) is 5.91 Å². The van der Waals surface area contributed by atoms with E-state index in [9.17, 15) is 13.2 Å². The molecule has 1 heterocycles. The first-order chi connectivity index (χ1) is 10.6. The number of nitrogens with zero attached hydrogens (tertiary/aromatic N) is 2. The van der Waals surface area contributed by atoms with Crippen molar-refractivity contribution in [2.45, 2.75) is 30.9 Å². The Morgan fingerprint density at radius 1 is 1.35 bits per heavy atom. The van der Waals surface area contributed by atoms with E-state index in [2.05, 4.69) is 0 Å². The van der Waals surface area contributed by atoms with Crippen LogP contribution in [0.3, 0.4) is 0 Å². The van der Waals surface area contributed by atoms with Gasteiger partial charge >= 0.3 is 0 Å². The fourth-order valence-corrected chi connectivity index (χ4v) is 3.78. The summed E-state index contributed by atoms with van der Waals surface area (Å²) in [6.45, 7) is 4.73. The molecule has 0 spiro atoms. The maximum absolute atomic E-state index is 12.7. The number of carbonyl (C=O) groups is 1. The van der Waals surface area contributed by atoms with Crippen LogP contribution in [0.25, 0.3) is 0 Å². The van der Waals surface area contributed by atoms with Gasteiger partial charge in [-0.05, 0) is 32.0 Å². The van der Waals surface area contributed by atoms with Gasteiger partial charge in [-0.2, -0.15) is 0 Å². The second kappa shape index (κ2) is 6.76. The minimum atomic E-state index is -3.71. The highest BCUT2D eigenvalue weighted by atomic mass is 35.5. The SMILES string of the molecule is CC1CN(C(=O)c2ccc(Cl)c(S(=O)(=O)N(C)C)c2)C(C)CO1. The number of ether oxygens (including phenoxy) is 1. The fraction of sp³-hybridized carbons (Fsp3) is 0.533. The zero-order chi connectivity index (χ0) is 17.4. The van der Waals surface area contributed by atoms with Gasteiger partial charge < -0.3 is 9.64 Å². The van der Waals surface area contributed by atoms with Crippen molar-refractivity contribution in [1.82, 2.24) is 9.21 Å². The minimum absolute atomic E-state index is 0.0487. The predicted octanol–water partition coefficient (Wildman–Crippen LogP) is 1.84. The summed E-state index contributed by atoms with van der Waals surface area (Å²) < 4.78 is 31.2. The molecule has 1 fully saturated rings. The van der Waals surface area contributed by atoms with Crippen molar-refractivity contribution in [1.29, 1.82) is 0 Å². The summed E-state index contributed by atoms with van der Waals surface area (Å²) in [4.78, 5) is 14.4. The first-order valence-corrected chi connectivity index (χ1v) is 9.11. The number of morpholine rings is 1. The van der Waals surface area contributed by atoms with Gasteiger partial charge in [-0.25, -0.2) is 12.7 Å². The normalized spacial score (nSPS) is 22.4. The first-order valence-electron chi connectivity index (χ1n) is 7.29. The molecule has 2 atom stereocenters. The van der Waals surface area contributed by atoms with Crippen LogP contribution in [-0.4, -0.2) is 62.9 Å². The van der Waals surface area contributed by atoms with Gasteiger partial charge in [0.1, 0.15) is 4.90 Å². The summed E-state index contributed by atoms with van der Waals surface area (Å²) >= 11 is 6.02. The van der Waals surface area contributed by atoms with E-state index in [0.29, 0.717) is 18.7 Å². The van der Waals surface area contributed by atoms with Crippen LogP contribution in [-0.2, 0) is 14.8 Å². The number of sulfonamides is 1. The molecular formula is C15H21ClN2O4S. The van der Waals surface area contributed by atoms with Crippen LogP contribution >= 0.6 is 11.6 Å². The summed E-state index contributed by atoms with van der Waals surface area (Å²) in [6.07, 6.45) is -0.0487. The van der Waals surface area contributed by atoms with Crippen LogP contribution in [0.1, 0.15) is 24.2 Å². The van der Waals surface area contributed by atoms with Crippen molar-refractivity contribution < 1.29 is 17.9 Å². The highest BCUT2D eigenvalue weighted by Crippen LogP contribution is 2.26. The Kier molecular flexibility index (Phi) is 5.35. The van der Waals surface area contributed by atoms with E-state index in [0.717, 1.165) is 4.31 Å². The van der Waals surface area contributed by atoms with E-state index >= 15 is 0 Å². The quantitative estimate of drug-likeness (QED) is 0.824. The summed E-state index contributed by atoms with van der Waals surface area (Å²) in [7, 11) is -0.868. The minimum Gasteiger partial charge on any atom is -0.375 e. The van der Waals surface area contributed by atoms with E-state index in [1.165, 1.54) is 26.2 Å². The Morgan fingerprint density at radius 2 is 2.00 bits per heavy atom. The third kappa shape index (κ3) is 3.68. The van der Waals surface area contributed by atoms with Crippen LogP contribution < -0.4 is 0 Å². The molecule has 1 aliphatic heterocycles. The Labute approximate surface area is 142 Å². The molecule has 1 aromatic rings. The molecule has 1 saturated heterocycles. The molecule has 0 saturated carbocycles. The Morgan fingerprint density at radius 3 is 2.61 bits per heavy atom. The predicted molar refractivity (Wildman–Crippen MR) is 88.2 cm³/mol. The number of amides is 1. The summed E-state index contributed by atoms with van der Waals surface area (Å²) in [5.41, 5.74) is 0.302. The van der Waals surface area contributed by atoms with Gasteiger partial charge in [0.2, 0.25) is 10.0 Å². The monoisotopic (exact) mass is 360 g/mol. The van der Waals surface area contributed by atoms with Crippen molar-refractivity contribution in [3.8, 4) is 0 Å². The molecule has 8 heteroatoms. The van der Waals surface area contributed by atoms with Crippen molar-refractivity contribution >= 4 is 27.5 Å². The zero-order valence-corrected chi connectivity index (χ0v) is 15.2. The molecule has 2 rings (SSSR count). The third-order valence-corrected chi connectivity index (χ3v) is 6.10. The highest BCUT2D eigenvalue weighted by molar-refractivity contribution is 7.89. The van der Waals surface area contributed by atoms with Crippen LogP contribution in [0, 0.1) is 0 Å². The molecule has 23 heavy (non-hydrogen) atoms. The van der Waals surface area contributed by atoms with Gasteiger partial charge in [0, 0.05) is 26.2 Å². The molecule has 0 aromatic heterocycles. The zero-order valence-electron chi connectivity index (χ0n) is 13.6. The van der Waals surface area contributed by atoms with Gasteiger partial charge in [-0.1, -0.05) is 11.6 Å². The Hall–Kier alpha value is -1.15. The summed E-state index contributed by atoms with van der Waals surface area (Å²) in [5, 5.41) is 0.0960. The van der Waals surface area contributed by atoms with Crippen LogP contribution in [0.15, 0.2) is 23.1 Å². The third-order valence-electron chi connectivity index (χ3n) is 3.81. The largest absolute Gasteiger partial charge is 0.375 e. The second-order valence-electron chi connectivity index (χ2n) is 5.88. The lowest BCUT2D eigenvalue weighted by atomic mass is 10.1. The molecular weight excluding hydrogens is 340 g/mol. The summed E-state index contributed by atoms with van der Waals surface area (Å²) in [6, 6.07) is 4.27. The lowest BCUT2D eigenvalue weighted by Crippen LogP contribution is -2.50. The number of carbonyl (C=O) groups excluding carboxylic acids is 1. The van der Waals surface area contributed by atoms with Crippen LogP contribution in [0.4, 0.5) is 0 Å². The number of halogens is 1. The van der Waals surface area contributed by atoms with Crippen molar-refractivity contribution in [2.24, 2.45) is 0 Å². The molecule has 0 aliphatic carbocycles. The molecule has 1 amide bonds. The molecule has 2 unspecified atom stereocenters. The van der Waals surface area contributed by atoms with E-state index < -0.39 is 10.0 Å². The molecule has 128 valence electrons. The topological polar surface area (TPSA) is 66.9 Å². The number of hydrogen-bond acceptors (Lipinski definition) is 4. The van der Waals surface area contributed by atoms with Crippen molar-refractivity contribution in [3.05, 3.63) is 28.8 Å². The molecule has 0 radical (unpaired) electrons. The average Bonchev–Trinajstić information content (AvgIpc) is 2.49. The van der Waals surface area contributed by atoms with Crippen molar-refractivity contribution in [3.63, 3.8) is 0 Å². The lowest BCUT2D eigenvalue weighted by molar-refractivity contribution is -0.0387. The maximum atomic E-state index is 12.7. The van der Waals surface area contributed by atoms with Crippen molar-refractivity contribution in [2.75, 3.05) is 27.2 Å². The van der Waals surface area contributed by atoms with E-state index in [4.69, 9.17) is 16.3 Å². The highest BCUT2D eigenvalue weighted by Gasteiger charge is 2.29.